The van der Waals surface area contributed by atoms with Gasteiger partial charge in [-0.25, -0.2) is 0 Å². The van der Waals surface area contributed by atoms with Gasteiger partial charge in [-0.3, -0.25) is 0 Å². The Morgan fingerprint density at radius 1 is 0.342 bits per heavy atom. The monoisotopic (exact) mass is 486 g/mol. The Morgan fingerprint density at radius 3 is 1.13 bits per heavy atom. The molecule has 0 unspecified atom stereocenters. The third kappa shape index (κ3) is 3.30. The highest BCUT2D eigenvalue weighted by atomic mass is 14.2. The average molecular weight is 487 g/mol. The highest BCUT2D eigenvalue weighted by Crippen LogP contribution is 2.48. The van der Waals surface area contributed by atoms with E-state index in [4.69, 9.17) is 0 Å². The molecule has 0 heteroatoms. The van der Waals surface area contributed by atoms with Gasteiger partial charge in [0.1, 0.15) is 0 Å². The summed E-state index contributed by atoms with van der Waals surface area (Å²) in [7, 11) is 0. The zero-order chi connectivity index (χ0) is 26.0. The zero-order valence-electron chi connectivity index (χ0n) is 22.4. The van der Waals surface area contributed by atoms with E-state index in [1.807, 2.05) is 0 Å². The number of fused-ring (bicyclic) bond motifs is 4. The van der Waals surface area contributed by atoms with E-state index >= 15 is 0 Å². The number of benzene rings is 7. The Hall–Kier alpha value is -4.42. The molecule has 0 saturated heterocycles. The fraction of sp³-hybridized carbons (Fsp3) is 0.105. The van der Waals surface area contributed by atoms with Gasteiger partial charge >= 0.3 is 0 Å². The molecule has 0 fully saturated rings. The van der Waals surface area contributed by atoms with Crippen LogP contribution in [0.25, 0.3) is 65.3 Å². The molecule has 0 radical (unpaired) electrons. The summed E-state index contributed by atoms with van der Waals surface area (Å²) in [4.78, 5) is 0. The van der Waals surface area contributed by atoms with Gasteiger partial charge in [0, 0.05) is 0 Å². The van der Waals surface area contributed by atoms with Crippen LogP contribution in [0.15, 0.2) is 109 Å². The van der Waals surface area contributed by atoms with Crippen molar-refractivity contribution in [1.82, 2.24) is 0 Å². The van der Waals surface area contributed by atoms with Gasteiger partial charge in [-0.05, 0) is 127 Å². The fourth-order valence-corrected chi connectivity index (χ4v) is 6.42. The van der Waals surface area contributed by atoms with Crippen LogP contribution in [0.4, 0.5) is 0 Å². The summed E-state index contributed by atoms with van der Waals surface area (Å²) in [5.74, 6) is 0. The molecule has 0 saturated carbocycles. The molecule has 7 aromatic rings. The second-order valence-electron chi connectivity index (χ2n) is 10.7. The summed E-state index contributed by atoms with van der Waals surface area (Å²) in [6.07, 6.45) is 0. The first kappa shape index (κ1) is 22.8. The van der Waals surface area contributed by atoms with Crippen molar-refractivity contribution in [2.24, 2.45) is 0 Å². The quantitative estimate of drug-likeness (QED) is 0.213. The molecule has 0 amide bonds. The van der Waals surface area contributed by atoms with Gasteiger partial charge in [-0.15, -0.1) is 0 Å². The SMILES string of the molecule is Cc1c(C)c(C)c2c(-c3ccc4ccccc4c3)c3ccccc3c(-c3ccc4ccccc4c3)c2c1C. The van der Waals surface area contributed by atoms with Crippen molar-refractivity contribution >= 4 is 43.1 Å². The second-order valence-corrected chi connectivity index (χ2v) is 10.7. The maximum Gasteiger partial charge on any atom is -0.00233 e. The summed E-state index contributed by atoms with van der Waals surface area (Å²) in [6.45, 7) is 9.19. The zero-order valence-corrected chi connectivity index (χ0v) is 22.4. The first-order valence-corrected chi connectivity index (χ1v) is 13.5. The molecular formula is C38H30. The van der Waals surface area contributed by atoms with Crippen molar-refractivity contribution in [3.8, 4) is 22.3 Å². The summed E-state index contributed by atoms with van der Waals surface area (Å²) < 4.78 is 0. The van der Waals surface area contributed by atoms with Crippen LogP contribution < -0.4 is 0 Å². The maximum absolute atomic E-state index is 2.37. The van der Waals surface area contributed by atoms with Crippen molar-refractivity contribution in [3.05, 3.63) is 131 Å². The van der Waals surface area contributed by atoms with Crippen LogP contribution in [-0.2, 0) is 0 Å². The molecule has 182 valence electrons. The van der Waals surface area contributed by atoms with E-state index in [1.165, 1.54) is 87.6 Å². The molecule has 0 aliphatic rings. The molecule has 0 nitrogen and oxygen atoms in total. The predicted octanol–water partition coefficient (Wildman–Crippen LogP) is 10.9. The molecule has 0 aliphatic heterocycles. The van der Waals surface area contributed by atoms with E-state index in [0.29, 0.717) is 0 Å². The first-order chi connectivity index (χ1) is 18.5. The van der Waals surface area contributed by atoms with Crippen LogP contribution >= 0.6 is 0 Å². The predicted molar refractivity (Wildman–Crippen MR) is 166 cm³/mol. The normalized spacial score (nSPS) is 11.7. The Balaban J connectivity index is 1.71. The van der Waals surface area contributed by atoms with Gasteiger partial charge in [-0.1, -0.05) is 97.1 Å². The Kier molecular flexibility index (Phi) is 5.13. The molecule has 38 heavy (non-hydrogen) atoms. The number of rotatable bonds is 2. The van der Waals surface area contributed by atoms with Crippen LogP contribution in [0.2, 0.25) is 0 Å². The van der Waals surface area contributed by atoms with Gasteiger partial charge < -0.3 is 0 Å². The third-order valence-electron chi connectivity index (χ3n) is 8.73. The molecule has 7 rings (SSSR count). The highest BCUT2D eigenvalue weighted by Gasteiger charge is 2.22. The summed E-state index contributed by atoms with van der Waals surface area (Å²) in [5.41, 5.74) is 10.8. The minimum absolute atomic E-state index is 1.28. The van der Waals surface area contributed by atoms with Gasteiger partial charge in [-0.2, -0.15) is 0 Å². The van der Waals surface area contributed by atoms with Crippen molar-refractivity contribution in [2.45, 2.75) is 27.7 Å². The van der Waals surface area contributed by atoms with E-state index in [1.54, 1.807) is 0 Å². The maximum atomic E-state index is 2.37. The van der Waals surface area contributed by atoms with E-state index < -0.39 is 0 Å². The van der Waals surface area contributed by atoms with Gasteiger partial charge in [0.15, 0.2) is 0 Å². The van der Waals surface area contributed by atoms with E-state index in [0.717, 1.165) is 0 Å². The van der Waals surface area contributed by atoms with E-state index in [-0.39, 0.29) is 0 Å². The molecule has 0 aromatic heterocycles. The van der Waals surface area contributed by atoms with Crippen LogP contribution in [0, 0.1) is 27.7 Å². The fourth-order valence-electron chi connectivity index (χ4n) is 6.42. The topological polar surface area (TPSA) is 0 Å². The molecule has 0 N–H and O–H groups in total. The largest absolute Gasteiger partial charge is 0.0616 e. The molecular weight excluding hydrogens is 456 g/mol. The molecule has 0 atom stereocenters. The van der Waals surface area contributed by atoms with Crippen molar-refractivity contribution < 1.29 is 0 Å². The lowest BCUT2D eigenvalue weighted by molar-refractivity contribution is 1.25. The minimum Gasteiger partial charge on any atom is -0.0616 e. The van der Waals surface area contributed by atoms with Crippen LogP contribution in [0.1, 0.15) is 22.3 Å². The van der Waals surface area contributed by atoms with Gasteiger partial charge in [0.25, 0.3) is 0 Å². The van der Waals surface area contributed by atoms with Crippen LogP contribution in [0.5, 0.6) is 0 Å². The molecule has 0 aliphatic carbocycles. The van der Waals surface area contributed by atoms with Crippen molar-refractivity contribution in [2.75, 3.05) is 0 Å². The Bertz CT molecular complexity index is 1910. The van der Waals surface area contributed by atoms with Crippen molar-refractivity contribution in [3.63, 3.8) is 0 Å². The average Bonchev–Trinajstić information content (AvgIpc) is 2.97. The standard InChI is InChI=1S/C38H30/c1-23-24(2)26(4)36-35(25(23)3)37(31-19-17-27-11-5-7-13-29(27)21-31)33-15-9-10-16-34(33)38(36)32-20-18-28-12-6-8-14-30(28)22-32/h5-22H,1-4H3. The lowest BCUT2D eigenvalue weighted by Gasteiger charge is -2.24. The minimum atomic E-state index is 1.28. The first-order valence-electron chi connectivity index (χ1n) is 13.5. The van der Waals surface area contributed by atoms with Gasteiger partial charge in [0.2, 0.25) is 0 Å². The van der Waals surface area contributed by atoms with Gasteiger partial charge in [0.05, 0.1) is 0 Å². The summed E-state index contributed by atoms with van der Waals surface area (Å²) in [5, 5.41) is 10.5. The van der Waals surface area contributed by atoms with E-state index in [2.05, 4.69) is 137 Å². The lowest BCUT2D eigenvalue weighted by Crippen LogP contribution is -1.99. The molecule has 7 aromatic carbocycles. The summed E-state index contributed by atoms with van der Waals surface area (Å²) >= 11 is 0. The van der Waals surface area contributed by atoms with Crippen LogP contribution in [-0.4, -0.2) is 0 Å². The third-order valence-corrected chi connectivity index (χ3v) is 8.73. The summed E-state index contributed by atoms with van der Waals surface area (Å²) in [6, 6.07) is 40.2. The smallest absolute Gasteiger partial charge is 0.00233 e. The second kappa shape index (κ2) is 8.57. The Morgan fingerprint density at radius 2 is 0.711 bits per heavy atom. The molecule has 0 heterocycles. The Labute approximate surface area is 224 Å². The van der Waals surface area contributed by atoms with Crippen LogP contribution in [0.3, 0.4) is 0 Å². The van der Waals surface area contributed by atoms with Crippen molar-refractivity contribution in [1.29, 1.82) is 0 Å². The van der Waals surface area contributed by atoms with E-state index in [9.17, 15) is 0 Å². The number of aryl methyl sites for hydroxylation is 2. The molecule has 0 spiro atoms. The lowest BCUT2D eigenvalue weighted by atomic mass is 9.80. The molecule has 0 bridgehead atoms. The highest BCUT2D eigenvalue weighted by molar-refractivity contribution is 6.24. The number of hydrogen-bond acceptors (Lipinski definition) is 0. The number of hydrogen-bond donors (Lipinski definition) is 0.